The Hall–Kier alpha value is -3.03. The molecule has 0 saturated carbocycles. The lowest BCUT2D eigenvalue weighted by molar-refractivity contribution is -0.385. The van der Waals surface area contributed by atoms with E-state index in [-0.39, 0.29) is 18.0 Å². The molecule has 0 radical (unpaired) electrons. The summed E-state index contributed by atoms with van der Waals surface area (Å²) < 4.78 is 0. The predicted molar refractivity (Wildman–Crippen MR) is 98.1 cm³/mol. The number of carbonyl (C=O) groups is 1. The minimum atomic E-state index is -0.483. The summed E-state index contributed by atoms with van der Waals surface area (Å²) >= 11 is 0. The summed E-state index contributed by atoms with van der Waals surface area (Å²) in [7, 11) is 0. The smallest absolute Gasteiger partial charge is 0.273 e. The van der Waals surface area contributed by atoms with E-state index in [1.165, 1.54) is 12.4 Å². The molecule has 1 aliphatic heterocycles. The van der Waals surface area contributed by atoms with Crippen molar-refractivity contribution in [2.75, 3.05) is 23.3 Å². The summed E-state index contributed by atoms with van der Waals surface area (Å²) in [6.07, 6.45) is 3.57. The maximum atomic E-state index is 12.3. The molecule has 0 atom stereocenters. The summed E-state index contributed by atoms with van der Waals surface area (Å²) in [4.78, 5) is 33.4. The van der Waals surface area contributed by atoms with E-state index < -0.39 is 4.92 Å². The lowest BCUT2D eigenvalue weighted by Crippen LogP contribution is -2.33. The molecule has 1 fully saturated rings. The van der Waals surface area contributed by atoms with E-state index in [4.69, 9.17) is 0 Å². The van der Waals surface area contributed by atoms with Gasteiger partial charge in [-0.1, -0.05) is 25.1 Å². The summed E-state index contributed by atoms with van der Waals surface area (Å²) in [6.45, 7) is 4.11. The zero-order chi connectivity index (χ0) is 18.5. The fraction of sp³-hybridized carbons (Fsp3) is 0.389. The van der Waals surface area contributed by atoms with Crippen LogP contribution in [0.5, 0.6) is 0 Å². The number of carbonyl (C=O) groups excluding carboxylic acids is 1. The second-order valence-corrected chi connectivity index (χ2v) is 6.54. The van der Waals surface area contributed by atoms with Crippen molar-refractivity contribution in [2.45, 2.75) is 26.2 Å². The third-order valence-corrected chi connectivity index (χ3v) is 4.57. The van der Waals surface area contributed by atoms with Gasteiger partial charge in [-0.3, -0.25) is 14.9 Å². The lowest BCUT2D eigenvalue weighted by Gasteiger charge is -2.31. The van der Waals surface area contributed by atoms with Crippen molar-refractivity contribution in [3.8, 4) is 0 Å². The first kappa shape index (κ1) is 17.8. The highest BCUT2D eigenvalue weighted by Crippen LogP contribution is 2.23. The van der Waals surface area contributed by atoms with Crippen molar-refractivity contribution in [3.05, 3.63) is 52.3 Å². The molecule has 1 aliphatic rings. The molecule has 0 spiro atoms. The van der Waals surface area contributed by atoms with Crippen LogP contribution in [0.15, 0.2) is 36.7 Å². The first-order chi connectivity index (χ1) is 12.5. The first-order valence-corrected chi connectivity index (χ1v) is 8.62. The van der Waals surface area contributed by atoms with Crippen molar-refractivity contribution in [3.63, 3.8) is 0 Å². The fourth-order valence-corrected chi connectivity index (χ4v) is 3.02. The van der Waals surface area contributed by atoms with Gasteiger partial charge in [-0.15, -0.1) is 0 Å². The van der Waals surface area contributed by atoms with E-state index in [0.29, 0.717) is 17.3 Å². The number of piperidine rings is 1. The van der Waals surface area contributed by atoms with Gasteiger partial charge in [-0.25, -0.2) is 9.97 Å². The van der Waals surface area contributed by atoms with Crippen LogP contribution in [-0.4, -0.2) is 33.9 Å². The van der Waals surface area contributed by atoms with Crippen LogP contribution in [0, 0.1) is 16.0 Å². The molecule has 0 bridgehead atoms. The Labute approximate surface area is 151 Å². The Kier molecular flexibility index (Phi) is 5.40. The Morgan fingerprint density at radius 3 is 2.77 bits per heavy atom. The monoisotopic (exact) mass is 355 g/mol. The number of nitrogens with zero attached hydrogens (tertiary/aromatic N) is 4. The third kappa shape index (κ3) is 4.33. The van der Waals surface area contributed by atoms with Crippen LogP contribution in [0.3, 0.4) is 0 Å². The van der Waals surface area contributed by atoms with E-state index in [2.05, 4.69) is 27.1 Å². The van der Waals surface area contributed by atoms with Gasteiger partial charge in [0.1, 0.15) is 18.0 Å². The third-order valence-electron chi connectivity index (χ3n) is 4.57. The van der Waals surface area contributed by atoms with E-state index in [0.717, 1.165) is 31.7 Å². The Bertz CT molecular complexity index is 803. The molecule has 2 aromatic rings. The number of anilines is 2. The molecule has 3 rings (SSSR count). The maximum absolute atomic E-state index is 12.3. The first-order valence-electron chi connectivity index (χ1n) is 8.62. The molecular weight excluding hydrogens is 334 g/mol. The lowest BCUT2D eigenvalue weighted by atomic mass is 9.99. The van der Waals surface area contributed by atoms with Crippen LogP contribution in [-0.2, 0) is 11.2 Å². The van der Waals surface area contributed by atoms with Crippen LogP contribution >= 0.6 is 0 Å². The van der Waals surface area contributed by atoms with E-state index in [9.17, 15) is 14.9 Å². The molecule has 26 heavy (non-hydrogen) atoms. The molecule has 2 heterocycles. The van der Waals surface area contributed by atoms with Crippen molar-refractivity contribution in [2.24, 2.45) is 5.92 Å². The number of nitro groups is 1. The molecule has 1 aromatic heterocycles. The van der Waals surface area contributed by atoms with Gasteiger partial charge >= 0.3 is 0 Å². The molecule has 1 saturated heterocycles. The average Bonchev–Trinajstić information content (AvgIpc) is 2.62. The number of hydrogen-bond donors (Lipinski definition) is 1. The minimum Gasteiger partial charge on any atom is -0.356 e. The van der Waals surface area contributed by atoms with Crippen LogP contribution in [0.1, 0.15) is 25.3 Å². The largest absolute Gasteiger partial charge is 0.356 e. The van der Waals surface area contributed by atoms with Crippen LogP contribution in [0.2, 0.25) is 0 Å². The zero-order valence-corrected chi connectivity index (χ0v) is 14.6. The SMILES string of the molecule is CC1CCN(c2cc(NC(=O)Cc3ccccc3[N+](=O)[O-])ncn2)CC1. The van der Waals surface area contributed by atoms with Gasteiger partial charge in [0.15, 0.2) is 0 Å². The maximum Gasteiger partial charge on any atom is 0.273 e. The molecule has 1 N–H and O–H groups in total. The molecule has 136 valence electrons. The van der Waals surface area contributed by atoms with Crippen LogP contribution < -0.4 is 10.2 Å². The Balaban J connectivity index is 1.67. The molecule has 0 unspecified atom stereocenters. The summed E-state index contributed by atoms with van der Waals surface area (Å²) in [5.41, 5.74) is 0.308. The predicted octanol–water partition coefficient (Wildman–Crippen LogP) is 2.80. The number of hydrogen-bond acceptors (Lipinski definition) is 6. The average molecular weight is 355 g/mol. The van der Waals surface area contributed by atoms with Crippen molar-refractivity contribution < 1.29 is 9.72 Å². The molecule has 8 heteroatoms. The molecular formula is C18H21N5O3. The van der Waals surface area contributed by atoms with Gasteiger partial charge < -0.3 is 10.2 Å². The summed E-state index contributed by atoms with van der Waals surface area (Å²) in [6, 6.07) is 7.97. The normalized spacial score (nSPS) is 14.9. The van der Waals surface area contributed by atoms with Gasteiger partial charge in [0.05, 0.1) is 11.3 Å². The van der Waals surface area contributed by atoms with Gasteiger partial charge in [0.2, 0.25) is 5.91 Å². The number of para-hydroxylation sites is 1. The summed E-state index contributed by atoms with van der Waals surface area (Å²) in [5.74, 6) is 1.55. The van der Waals surface area contributed by atoms with Gasteiger partial charge in [0.25, 0.3) is 5.69 Å². The highest BCUT2D eigenvalue weighted by Gasteiger charge is 2.19. The number of rotatable bonds is 5. The van der Waals surface area contributed by atoms with Crippen molar-refractivity contribution >= 4 is 23.2 Å². The van der Waals surface area contributed by atoms with Gasteiger partial charge in [-0.05, 0) is 18.8 Å². The molecule has 0 aliphatic carbocycles. The van der Waals surface area contributed by atoms with E-state index in [1.54, 1.807) is 24.3 Å². The quantitative estimate of drug-likeness (QED) is 0.654. The molecule has 8 nitrogen and oxygen atoms in total. The second kappa shape index (κ2) is 7.90. The van der Waals surface area contributed by atoms with E-state index in [1.807, 2.05) is 0 Å². The van der Waals surface area contributed by atoms with Crippen LogP contribution in [0.4, 0.5) is 17.3 Å². The molecule has 1 aromatic carbocycles. The summed E-state index contributed by atoms with van der Waals surface area (Å²) in [5, 5.41) is 13.8. The highest BCUT2D eigenvalue weighted by molar-refractivity contribution is 5.92. The number of nitrogens with one attached hydrogen (secondary N) is 1. The second-order valence-electron chi connectivity index (χ2n) is 6.54. The van der Waals surface area contributed by atoms with Gasteiger partial charge in [-0.2, -0.15) is 0 Å². The minimum absolute atomic E-state index is 0.0616. The number of aromatic nitrogens is 2. The number of nitro benzene ring substituents is 1. The van der Waals surface area contributed by atoms with Gasteiger partial charge in [0, 0.05) is 30.8 Å². The highest BCUT2D eigenvalue weighted by atomic mass is 16.6. The zero-order valence-electron chi connectivity index (χ0n) is 14.6. The Morgan fingerprint density at radius 1 is 1.31 bits per heavy atom. The topological polar surface area (TPSA) is 101 Å². The molecule has 1 amide bonds. The van der Waals surface area contributed by atoms with Crippen molar-refractivity contribution in [1.82, 2.24) is 9.97 Å². The van der Waals surface area contributed by atoms with E-state index >= 15 is 0 Å². The Morgan fingerprint density at radius 2 is 2.04 bits per heavy atom. The fourth-order valence-electron chi connectivity index (χ4n) is 3.02. The standard InChI is InChI=1S/C18H21N5O3/c1-13-6-8-22(9-7-13)17-11-16(19-12-20-17)21-18(24)10-14-4-2-3-5-15(14)23(25)26/h2-5,11-13H,6-10H2,1H3,(H,19,20,21,24). The van der Waals surface area contributed by atoms with Crippen LogP contribution in [0.25, 0.3) is 0 Å². The number of benzene rings is 1. The van der Waals surface area contributed by atoms with Crippen molar-refractivity contribution in [1.29, 1.82) is 0 Å². The number of amides is 1.